The minimum Gasteiger partial charge on any atom is -0.0683 e. The summed E-state index contributed by atoms with van der Waals surface area (Å²) in [6.07, 6.45) is 7.92. The van der Waals surface area contributed by atoms with Crippen LogP contribution >= 0.6 is 0 Å². The van der Waals surface area contributed by atoms with Crippen LogP contribution in [0.4, 0.5) is 0 Å². The lowest BCUT2D eigenvalue weighted by Crippen LogP contribution is -2.26. The second-order valence-corrected chi connectivity index (χ2v) is 17.1. The maximum atomic E-state index is 2.37. The molecule has 0 nitrogen and oxygen atoms in total. The molecule has 294 valence electrons. The van der Waals surface area contributed by atoms with E-state index in [2.05, 4.69) is 159 Å². The molecule has 0 spiro atoms. The van der Waals surface area contributed by atoms with Gasteiger partial charge in [-0.3, -0.25) is 0 Å². The van der Waals surface area contributed by atoms with Crippen LogP contribution in [0.3, 0.4) is 0 Å². The van der Waals surface area contributed by atoms with E-state index >= 15 is 0 Å². The monoisotopic (exact) mass is 719 g/mol. The molecule has 0 aromatic heterocycles. The van der Waals surface area contributed by atoms with Gasteiger partial charge in [-0.2, -0.15) is 0 Å². The van der Waals surface area contributed by atoms with Crippen molar-refractivity contribution in [1.82, 2.24) is 0 Å². The average molecular weight is 719 g/mol. The molecule has 3 aliphatic rings. The third-order valence-corrected chi connectivity index (χ3v) is 10.7. The Labute approximate surface area is 330 Å². The number of aryl methyl sites for hydroxylation is 2. The lowest BCUT2D eigenvalue weighted by Gasteiger charge is -2.35. The minimum absolute atomic E-state index is 0.267. The summed E-state index contributed by atoms with van der Waals surface area (Å²) in [6.45, 7) is 37.2. The highest BCUT2D eigenvalue weighted by atomic mass is 14.4. The van der Waals surface area contributed by atoms with Gasteiger partial charge in [-0.1, -0.05) is 215 Å². The third-order valence-electron chi connectivity index (χ3n) is 10.7. The zero-order valence-electron chi connectivity index (χ0n) is 37.7. The van der Waals surface area contributed by atoms with Crippen LogP contribution in [0.25, 0.3) is 11.1 Å². The van der Waals surface area contributed by atoms with Gasteiger partial charge in [0.25, 0.3) is 0 Å². The van der Waals surface area contributed by atoms with Crippen molar-refractivity contribution in [2.24, 2.45) is 22.2 Å². The first-order valence-corrected chi connectivity index (χ1v) is 21.6. The van der Waals surface area contributed by atoms with E-state index in [1.54, 1.807) is 22.3 Å². The Hall–Kier alpha value is -3.12. The molecule has 0 saturated heterocycles. The second kappa shape index (κ2) is 22.9. The Kier molecular flexibility index (Phi) is 20.7. The minimum atomic E-state index is 0.267. The van der Waals surface area contributed by atoms with Crippen molar-refractivity contribution >= 4 is 0 Å². The van der Waals surface area contributed by atoms with Crippen LogP contribution in [0.2, 0.25) is 0 Å². The molecule has 53 heavy (non-hydrogen) atoms. The fourth-order valence-electron chi connectivity index (χ4n) is 8.18. The molecule has 0 amide bonds. The highest BCUT2D eigenvalue weighted by Gasteiger charge is 2.36. The van der Waals surface area contributed by atoms with Crippen molar-refractivity contribution in [1.29, 1.82) is 0 Å². The van der Waals surface area contributed by atoms with Gasteiger partial charge in [0, 0.05) is 5.92 Å². The Balaban J connectivity index is 0.000000364. The Morgan fingerprint density at radius 2 is 0.811 bits per heavy atom. The summed E-state index contributed by atoms with van der Waals surface area (Å²) >= 11 is 0. The van der Waals surface area contributed by atoms with Crippen LogP contribution < -0.4 is 0 Å². The molecule has 4 aromatic rings. The van der Waals surface area contributed by atoms with Crippen LogP contribution in [0.15, 0.2) is 97.1 Å². The van der Waals surface area contributed by atoms with Crippen LogP contribution in [-0.4, -0.2) is 0 Å². The summed E-state index contributed by atoms with van der Waals surface area (Å²) in [7, 11) is 0. The standard InChI is InChI=1S/C17H18.2C14H20.4C2H6/c1-17(2,3)16-14-10-6-4-8-12(14)13-9-5-7-11-15(13)16;1-14(2,3)13-10-6-8-11-7-4-5-9-12(11)13;1-14(2,3)13-9-8-11-6-4-5-7-12(11)10-13;4*1-2/h4-11,16H,1-3H3;4-5,7,9,13H,6,8,10H2,1-3H3;4-7,13H,8-10H2,1-3H3;4*1-2H3. The number of hydrogen-bond donors (Lipinski definition) is 0. The summed E-state index contributed by atoms with van der Waals surface area (Å²) in [5, 5.41) is 0. The number of fused-ring (bicyclic) bond motifs is 5. The fourth-order valence-corrected chi connectivity index (χ4v) is 8.18. The van der Waals surface area contributed by atoms with Crippen molar-refractivity contribution < 1.29 is 0 Å². The fraction of sp³-hybridized carbons (Fsp3) is 0.547. The molecule has 2 atom stereocenters. The van der Waals surface area contributed by atoms with E-state index in [1.807, 2.05) is 55.4 Å². The predicted octanol–water partition coefficient (Wildman–Crippen LogP) is 16.9. The molecule has 0 radical (unpaired) electrons. The van der Waals surface area contributed by atoms with Gasteiger partial charge in [0.2, 0.25) is 0 Å². The molecular formula is C53H82. The topological polar surface area (TPSA) is 0 Å². The van der Waals surface area contributed by atoms with Gasteiger partial charge in [0.1, 0.15) is 0 Å². The van der Waals surface area contributed by atoms with Gasteiger partial charge in [0.05, 0.1) is 0 Å². The molecule has 0 heteroatoms. The maximum Gasteiger partial charge on any atom is 0.0150 e. The molecular weight excluding hydrogens is 637 g/mol. The van der Waals surface area contributed by atoms with Crippen molar-refractivity contribution in [2.45, 2.75) is 168 Å². The molecule has 0 aliphatic heterocycles. The van der Waals surface area contributed by atoms with Gasteiger partial charge >= 0.3 is 0 Å². The highest BCUT2D eigenvalue weighted by Crippen LogP contribution is 2.52. The van der Waals surface area contributed by atoms with E-state index in [4.69, 9.17) is 0 Å². The summed E-state index contributed by atoms with van der Waals surface area (Å²) in [6, 6.07) is 35.6. The van der Waals surface area contributed by atoms with Gasteiger partial charge in [-0.15, -0.1) is 0 Å². The second-order valence-electron chi connectivity index (χ2n) is 17.1. The van der Waals surface area contributed by atoms with E-state index in [0.717, 1.165) is 11.8 Å². The summed E-state index contributed by atoms with van der Waals surface area (Å²) in [5.74, 6) is 2.14. The molecule has 0 bridgehead atoms. The van der Waals surface area contributed by atoms with Crippen LogP contribution in [0.1, 0.15) is 182 Å². The van der Waals surface area contributed by atoms with E-state index < -0.39 is 0 Å². The molecule has 0 saturated carbocycles. The van der Waals surface area contributed by atoms with Gasteiger partial charge in [-0.05, 0) is 111 Å². The Morgan fingerprint density at radius 1 is 0.396 bits per heavy atom. The maximum absolute atomic E-state index is 2.37. The largest absolute Gasteiger partial charge is 0.0683 e. The molecule has 2 unspecified atom stereocenters. The summed E-state index contributed by atoms with van der Waals surface area (Å²) in [4.78, 5) is 0. The number of rotatable bonds is 0. The lowest BCUT2D eigenvalue weighted by molar-refractivity contribution is 0.216. The van der Waals surface area contributed by atoms with Crippen LogP contribution in [-0.2, 0) is 19.3 Å². The Bertz CT molecular complexity index is 1520. The molecule has 4 aromatic carbocycles. The zero-order chi connectivity index (χ0) is 40.4. The molecule has 7 rings (SSSR count). The Morgan fingerprint density at radius 3 is 1.26 bits per heavy atom. The first-order valence-electron chi connectivity index (χ1n) is 21.6. The van der Waals surface area contributed by atoms with Crippen molar-refractivity contribution in [3.05, 3.63) is 130 Å². The highest BCUT2D eigenvalue weighted by molar-refractivity contribution is 5.79. The number of hydrogen-bond acceptors (Lipinski definition) is 0. The molecule has 3 aliphatic carbocycles. The smallest absolute Gasteiger partial charge is 0.0150 e. The lowest BCUT2D eigenvalue weighted by atomic mass is 9.69. The van der Waals surface area contributed by atoms with Crippen LogP contribution in [0.5, 0.6) is 0 Å². The summed E-state index contributed by atoms with van der Waals surface area (Å²) in [5.41, 5.74) is 13.3. The summed E-state index contributed by atoms with van der Waals surface area (Å²) < 4.78 is 0. The zero-order valence-corrected chi connectivity index (χ0v) is 37.7. The molecule has 0 fully saturated rings. The average Bonchev–Trinajstić information content (AvgIpc) is 3.53. The van der Waals surface area contributed by atoms with E-state index in [9.17, 15) is 0 Å². The SMILES string of the molecule is CC.CC.CC.CC.CC(C)(C)C1CCCc2ccccc21.CC(C)(C)C1CCc2ccccc2C1.CC(C)(C)C1c2ccccc2-c2ccccc21. The number of benzene rings is 4. The predicted molar refractivity (Wildman–Crippen MR) is 242 cm³/mol. The normalized spacial score (nSPS) is 16.6. The van der Waals surface area contributed by atoms with Crippen molar-refractivity contribution in [3.8, 4) is 11.1 Å². The van der Waals surface area contributed by atoms with Gasteiger partial charge < -0.3 is 0 Å². The van der Waals surface area contributed by atoms with E-state index in [1.165, 1.54) is 60.8 Å². The first kappa shape index (κ1) is 47.9. The quantitative estimate of drug-likeness (QED) is 0.170. The molecule has 0 N–H and O–H groups in total. The van der Waals surface area contributed by atoms with E-state index in [0.29, 0.717) is 16.7 Å². The molecule has 0 heterocycles. The third kappa shape index (κ3) is 13.3. The van der Waals surface area contributed by atoms with Gasteiger partial charge in [-0.25, -0.2) is 0 Å². The van der Waals surface area contributed by atoms with E-state index in [-0.39, 0.29) is 5.41 Å². The van der Waals surface area contributed by atoms with Crippen molar-refractivity contribution in [3.63, 3.8) is 0 Å². The first-order chi connectivity index (χ1) is 25.2. The van der Waals surface area contributed by atoms with Crippen molar-refractivity contribution in [2.75, 3.05) is 0 Å². The van der Waals surface area contributed by atoms with Crippen LogP contribution in [0, 0.1) is 22.2 Å². The van der Waals surface area contributed by atoms with Gasteiger partial charge in [0.15, 0.2) is 0 Å².